The first-order valence-electron chi connectivity index (χ1n) is 7.64. The van der Waals surface area contributed by atoms with Gasteiger partial charge in [-0.15, -0.1) is 10.2 Å². The van der Waals surface area contributed by atoms with Gasteiger partial charge >= 0.3 is 0 Å². The first-order chi connectivity index (χ1) is 11.7. The van der Waals surface area contributed by atoms with Gasteiger partial charge in [-0.2, -0.15) is 0 Å². The minimum Gasteiger partial charge on any atom is -0.378 e. The normalized spacial score (nSPS) is 14.6. The zero-order chi connectivity index (χ0) is 16.8. The molecule has 2 aromatic rings. The van der Waals surface area contributed by atoms with E-state index in [1.165, 1.54) is 29.4 Å². The molecule has 1 fully saturated rings. The molecule has 0 atom stereocenters. The topological polar surface area (TPSA) is 93.1 Å². The number of anilines is 2. The van der Waals surface area contributed by atoms with Crippen molar-refractivity contribution in [3.63, 3.8) is 0 Å². The molecule has 0 bridgehead atoms. The number of nitrogens with zero attached hydrogens (tertiary/aromatic N) is 5. The number of carbonyl (C=O) groups is 1. The molecule has 0 aromatic carbocycles. The number of rotatable bonds is 6. The second kappa shape index (κ2) is 8.36. The number of nitrogens with one attached hydrogen (secondary N) is 1. The molecule has 0 saturated carbocycles. The molecule has 1 aliphatic rings. The Balaban J connectivity index is 1.53. The molecule has 3 rings (SSSR count). The van der Waals surface area contributed by atoms with E-state index in [9.17, 15) is 4.79 Å². The van der Waals surface area contributed by atoms with Crippen LogP contribution in [-0.4, -0.2) is 58.1 Å². The van der Waals surface area contributed by atoms with E-state index in [-0.39, 0.29) is 11.7 Å². The summed E-state index contributed by atoms with van der Waals surface area (Å²) in [4.78, 5) is 22.7. The summed E-state index contributed by atoms with van der Waals surface area (Å²) in [7, 11) is 0. The summed E-state index contributed by atoms with van der Waals surface area (Å²) < 4.78 is 5.34. The van der Waals surface area contributed by atoms with Crippen molar-refractivity contribution in [2.45, 2.75) is 18.4 Å². The molecule has 0 aliphatic carbocycles. The van der Waals surface area contributed by atoms with E-state index in [1.54, 1.807) is 0 Å². The highest BCUT2D eigenvalue weighted by Crippen LogP contribution is 2.21. The van der Waals surface area contributed by atoms with Crippen LogP contribution in [0.25, 0.3) is 0 Å². The van der Waals surface area contributed by atoms with E-state index < -0.39 is 0 Å². The van der Waals surface area contributed by atoms with Gasteiger partial charge in [0.05, 0.1) is 19.0 Å². The minimum atomic E-state index is -0.120. The molecule has 1 aliphatic heterocycles. The number of carbonyl (C=O) groups excluding carboxylic acids is 1. The largest absolute Gasteiger partial charge is 0.378 e. The number of aromatic nitrogens is 4. The van der Waals surface area contributed by atoms with Gasteiger partial charge < -0.3 is 9.64 Å². The third-order valence-electron chi connectivity index (χ3n) is 3.33. The van der Waals surface area contributed by atoms with Crippen molar-refractivity contribution < 1.29 is 9.53 Å². The second-order valence-electron chi connectivity index (χ2n) is 5.01. The van der Waals surface area contributed by atoms with Crippen molar-refractivity contribution in [3.8, 4) is 0 Å². The van der Waals surface area contributed by atoms with Gasteiger partial charge in [-0.1, -0.05) is 30.0 Å². The number of aryl methyl sites for hydroxylation is 1. The van der Waals surface area contributed by atoms with Crippen molar-refractivity contribution in [3.05, 3.63) is 17.4 Å². The molecule has 0 unspecified atom stereocenters. The summed E-state index contributed by atoms with van der Waals surface area (Å²) in [5.41, 5.74) is 0. The summed E-state index contributed by atoms with van der Waals surface area (Å²) in [6, 6.07) is 1.91. The maximum atomic E-state index is 12.0. The average Bonchev–Trinajstić information content (AvgIpc) is 3.08. The first kappa shape index (κ1) is 17.1. The maximum absolute atomic E-state index is 12.0. The van der Waals surface area contributed by atoms with E-state index in [2.05, 4.69) is 30.4 Å². The highest BCUT2D eigenvalue weighted by atomic mass is 32.2. The van der Waals surface area contributed by atoms with E-state index >= 15 is 0 Å². The first-order valence-corrected chi connectivity index (χ1v) is 9.44. The monoisotopic (exact) mass is 366 g/mol. The maximum Gasteiger partial charge on any atom is 0.236 e. The number of thioether (sulfide) groups is 1. The fraction of sp³-hybridized carbons (Fsp3) is 0.500. The molecule has 128 valence electrons. The fourth-order valence-electron chi connectivity index (χ4n) is 2.12. The van der Waals surface area contributed by atoms with Gasteiger partial charge in [0.2, 0.25) is 11.0 Å². The second-order valence-corrected chi connectivity index (χ2v) is 7.06. The quantitative estimate of drug-likeness (QED) is 0.607. The van der Waals surface area contributed by atoms with Crippen LogP contribution in [0.1, 0.15) is 11.9 Å². The van der Waals surface area contributed by atoms with E-state index in [1.807, 2.05) is 13.0 Å². The molecule has 24 heavy (non-hydrogen) atoms. The van der Waals surface area contributed by atoms with Crippen molar-refractivity contribution in [1.29, 1.82) is 0 Å². The third-order valence-corrected chi connectivity index (χ3v) is 5.24. The van der Waals surface area contributed by atoms with Crippen molar-refractivity contribution in [1.82, 2.24) is 20.2 Å². The summed E-state index contributed by atoms with van der Waals surface area (Å²) in [6.07, 6.45) is 2.34. The summed E-state index contributed by atoms with van der Waals surface area (Å²) in [5.74, 6) is 1.01. The lowest BCUT2D eigenvalue weighted by Gasteiger charge is -2.27. The zero-order valence-corrected chi connectivity index (χ0v) is 14.9. The Morgan fingerprint density at radius 1 is 1.38 bits per heavy atom. The summed E-state index contributed by atoms with van der Waals surface area (Å²) in [5, 5.41) is 12.9. The zero-order valence-electron chi connectivity index (χ0n) is 13.3. The Morgan fingerprint density at radius 3 is 2.96 bits per heavy atom. The van der Waals surface area contributed by atoms with Gasteiger partial charge in [-0.25, -0.2) is 9.97 Å². The average molecular weight is 366 g/mol. The van der Waals surface area contributed by atoms with Crippen molar-refractivity contribution in [2.24, 2.45) is 0 Å². The number of hydrogen-bond donors (Lipinski definition) is 1. The Labute approximate surface area is 148 Å². The highest BCUT2D eigenvalue weighted by molar-refractivity contribution is 7.99. The number of morpholine rings is 1. The molecule has 1 saturated heterocycles. The Kier molecular flexibility index (Phi) is 5.94. The molecule has 8 nitrogen and oxygen atoms in total. The molecule has 0 radical (unpaired) electrons. The van der Waals surface area contributed by atoms with E-state index in [0.717, 1.165) is 35.4 Å². The van der Waals surface area contributed by atoms with Crippen LogP contribution in [0.2, 0.25) is 0 Å². The Hall–Kier alpha value is -1.78. The molecule has 3 heterocycles. The Morgan fingerprint density at radius 2 is 2.21 bits per heavy atom. The number of amides is 1. The van der Waals surface area contributed by atoms with Crippen LogP contribution in [0.15, 0.2) is 17.4 Å². The van der Waals surface area contributed by atoms with Gasteiger partial charge in [0, 0.05) is 19.2 Å². The van der Waals surface area contributed by atoms with Gasteiger partial charge in [0.25, 0.3) is 0 Å². The van der Waals surface area contributed by atoms with Crippen molar-refractivity contribution >= 4 is 40.0 Å². The van der Waals surface area contributed by atoms with Gasteiger partial charge in [-0.05, 0) is 6.42 Å². The standard InChI is InChI=1S/C14H18N6O2S2/c1-2-12-18-19-14(24-12)17-11(21)8-23-13-7-10(15-9-16-13)20-3-5-22-6-4-20/h7,9H,2-6,8H2,1H3,(H,17,19,21). The van der Waals surface area contributed by atoms with Crippen LogP contribution < -0.4 is 10.2 Å². The van der Waals surface area contributed by atoms with Crippen LogP contribution in [0, 0.1) is 0 Å². The molecule has 10 heteroatoms. The third kappa shape index (κ3) is 4.62. The molecular formula is C14H18N6O2S2. The van der Waals surface area contributed by atoms with Gasteiger partial charge in [0.1, 0.15) is 22.2 Å². The minimum absolute atomic E-state index is 0.120. The lowest BCUT2D eigenvalue weighted by Crippen LogP contribution is -2.36. The molecule has 0 spiro atoms. The highest BCUT2D eigenvalue weighted by Gasteiger charge is 2.14. The van der Waals surface area contributed by atoms with Crippen LogP contribution in [0.5, 0.6) is 0 Å². The predicted octanol–water partition coefficient (Wildman–Crippen LogP) is 1.46. The molecule has 1 N–H and O–H groups in total. The van der Waals surface area contributed by atoms with Crippen LogP contribution in [0.3, 0.4) is 0 Å². The van der Waals surface area contributed by atoms with Gasteiger partial charge in [-0.3, -0.25) is 10.1 Å². The molecule has 2 aromatic heterocycles. The lowest BCUT2D eigenvalue weighted by atomic mass is 10.4. The Bertz CT molecular complexity index is 689. The van der Waals surface area contributed by atoms with Crippen LogP contribution in [-0.2, 0) is 16.0 Å². The lowest BCUT2D eigenvalue weighted by molar-refractivity contribution is -0.113. The van der Waals surface area contributed by atoms with Gasteiger partial charge in [0.15, 0.2) is 0 Å². The predicted molar refractivity (Wildman–Crippen MR) is 93.7 cm³/mol. The summed E-state index contributed by atoms with van der Waals surface area (Å²) >= 11 is 2.77. The van der Waals surface area contributed by atoms with Crippen LogP contribution >= 0.6 is 23.1 Å². The smallest absolute Gasteiger partial charge is 0.236 e. The fourth-order valence-corrected chi connectivity index (χ4v) is 3.47. The van der Waals surface area contributed by atoms with Crippen LogP contribution in [0.4, 0.5) is 10.9 Å². The number of ether oxygens (including phenoxy) is 1. The molecule has 1 amide bonds. The summed E-state index contributed by atoms with van der Waals surface area (Å²) in [6.45, 7) is 5.05. The number of hydrogen-bond acceptors (Lipinski definition) is 9. The SMILES string of the molecule is CCc1nnc(NC(=O)CSc2cc(N3CCOCC3)ncn2)s1. The molecular weight excluding hydrogens is 348 g/mol. The van der Waals surface area contributed by atoms with E-state index in [4.69, 9.17) is 4.74 Å². The van der Waals surface area contributed by atoms with E-state index in [0.29, 0.717) is 18.3 Å². The van der Waals surface area contributed by atoms with Crippen molar-refractivity contribution in [2.75, 3.05) is 42.3 Å².